The minimum absolute atomic E-state index is 0.155. The molecule has 0 aromatic carbocycles. The van der Waals surface area contributed by atoms with Crippen LogP contribution in [-0.4, -0.2) is 47.0 Å². The molecule has 1 fully saturated rings. The van der Waals surface area contributed by atoms with Crippen molar-refractivity contribution in [3.8, 4) is 0 Å². The number of piperidine rings is 1. The van der Waals surface area contributed by atoms with E-state index in [2.05, 4.69) is 6.92 Å². The number of hydrogen-bond acceptors (Lipinski definition) is 2. The van der Waals surface area contributed by atoms with Crippen LogP contribution in [0.4, 0.5) is 4.79 Å². The second-order valence-electron chi connectivity index (χ2n) is 4.49. The number of carbonyl (C=O) groups excluding carboxylic acids is 1. The van der Waals surface area contributed by atoms with E-state index in [1.54, 1.807) is 4.90 Å². The van der Waals surface area contributed by atoms with E-state index in [1.807, 2.05) is 29.2 Å². The van der Waals surface area contributed by atoms with Gasteiger partial charge in [0.2, 0.25) is 0 Å². The Balaban J connectivity index is 1.98. The number of amides is 2. The van der Waals surface area contributed by atoms with Crippen molar-refractivity contribution in [2.45, 2.75) is 32.2 Å². The maximum absolute atomic E-state index is 12.1. The lowest BCUT2D eigenvalue weighted by atomic mass is 10.0. The molecule has 2 amide bonds. The minimum Gasteiger partial charge on any atom is -0.361 e. The molecular weight excluding hydrogens is 190 g/mol. The molecule has 1 atom stereocenters. The SMILES string of the molecule is CC1CCCCN1C(=O)N1C=CN(C)C1. The van der Waals surface area contributed by atoms with Gasteiger partial charge in [0.25, 0.3) is 0 Å². The summed E-state index contributed by atoms with van der Waals surface area (Å²) in [5, 5.41) is 0. The van der Waals surface area contributed by atoms with Gasteiger partial charge in [0, 0.05) is 32.0 Å². The van der Waals surface area contributed by atoms with E-state index >= 15 is 0 Å². The summed E-state index contributed by atoms with van der Waals surface area (Å²) in [5.41, 5.74) is 0. The van der Waals surface area contributed by atoms with Gasteiger partial charge in [0.05, 0.1) is 6.67 Å². The van der Waals surface area contributed by atoms with Crippen LogP contribution in [0.2, 0.25) is 0 Å². The van der Waals surface area contributed by atoms with Gasteiger partial charge in [-0.05, 0) is 26.2 Å². The quantitative estimate of drug-likeness (QED) is 0.606. The number of likely N-dealkylation sites (tertiary alicyclic amines) is 1. The smallest absolute Gasteiger partial charge is 0.325 e. The summed E-state index contributed by atoms with van der Waals surface area (Å²) in [7, 11) is 1.98. The lowest BCUT2D eigenvalue weighted by Gasteiger charge is -2.35. The standard InChI is InChI=1S/C11H19N3O/c1-10-5-3-4-6-14(10)11(15)13-8-7-12(2)9-13/h7-8,10H,3-6,9H2,1-2H3. The minimum atomic E-state index is 0.155. The predicted octanol–water partition coefficient (Wildman–Crippen LogP) is 1.66. The Bertz CT molecular complexity index is 277. The highest BCUT2D eigenvalue weighted by Crippen LogP contribution is 2.19. The van der Waals surface area contributed by atoms with Crippen LogP contribution in [0.5, 0.6) is 0 Å². The average molecular weight is 209 g/mol. The van der Waals surface area contributed by atoms with Crippen molar-refractivity contribution in [3.05, 3.63) is 12.4 Å². The summed E-state index contributed by atoms with van der Waals surface area (Å²) < 4.78 is 0. The maximum atomic E-state index is 12.1. The number of urea groups is 1. The Morgan fingerprint density at radius 3 is 2.73 bits per heavy atom. The molecular formula is C11H19N3O. The lowest BCUT2D eigenvalue weighted by Crippen LogP contribution is -2.48. The van der Waals surface area contributed by atoms with Crippen LogP contribution in [0.15, 0.2) is 12.4 Å². The first-order chi connectivity index (χ1) is 7.18. The largest absolute Gasteiger partial charge is 0.361 e. The molecule has 0 spiro atoms. The molecule has 84 valence electrons. The summed E-state index contributed by atoms with van der Waals surface area (Å²) in [6.45, 7) is 3.73. The zero-order valence-electron chi connectivity index (χ0n) is 9.52. The van der Waals surface area contributed by atoms with Crippen LogP contribution in [-0.2, 0) is 0 Å². The van der Waals surface area contributed by atoms with Crippen LogP contribution in [0.25, 0.3) is 0 Å². The van der Waals surface area contributed by atoms with Gasteiger partial charge in [-0.25, -0.2) is 4.79 Å². The Hall–Kier alpha value is -1.19. The molecule has 1 unspecified atom stereocenters. The Labute approximate surface area is 91.1 Å². The summed E-state index contributed by atoms with van der Waals surface area (Å²) in [4.78, 5) is 17.9. The van der Waals surface area contributed by atoms with E-state index in [-0.39, 0.29) is 6.03 Å². The normalized spacial score (nSPS) is 26.3. The summed E-state index contributed by atoms with van der Waals surface area (Å²) >= 11 is 0. The predicted molar refractivity (Wildman–Crippen MR) is 59.0 cm³/mol. The van der Waals surface area contributed by atoms with Crippen molar-refractivity contribution in [2.75, 3.05) is 20.3 Å². The number of hydrogen-bond donors (Lipinski definition) is 0. The van der Waals surface area contributed by atoms with Gasteiger partial charge in [-0.3, -0.25) is 4.90 Å². The molecule has 15 heavy (non-hydrogen) atoms. The first kappa shape index (κ1) is 10.3. The second-order valence-corrected chi connectivity index (χ2v) is 4.49. The molecule has 4 heteroatoms. The van der Waals surface area contributed by atoms with E-state index in [9.17, 15) is 4.79 Å². The molecule has 0 N–H and O–H groups in total. The van der Waals surface area contributed by atoms with Crippen LogP contribution in [0.1, 0.15) is 26.2 Å². The third kappa shape index (κ3) is 2.08. The molecule has 2 rings (SSSR count). The van der Waals surface area contributed by atoms with E-state index in [1.165, 1.54) is 6.42 Å². The maximum Gasteiger partial charge on any atom is 0.325 e. The lowest BCUT2D eigenvalue weighted by molar-refractivity contribution is 0.129. The van der Waals surface area contributed by atoms with E-state index < -0.39 is 0 Å². The summed E-state index contributed by atoms with van der Waals surface area (Å²) in [6.07, 6.45) is 7.33. The Morgan fingerprint density at radius 1 is 1.33 bits per heavy atom. The van der Waals surface area contributed by atoms with Gasteiger partial charge >= 0.3 is 6.03 Å². The molecule has 0 radical (unpaired) electrons. The van der Waals surface area contributed by atoms with Gasteiger partial charge in [-0.15, -0.1) is 0 Å². The highest BCUT2D eigenvalue weighted by molar-refractivity contribution is 5.76. The first-order valence-corrected chi connectivity index (χ1v) is 5.64. The fraction of sp³-hybridized carbons (Fsp3) is 0.727. The molecule has 4 nitrogen and oxygen atoms in total. The molecule has 0 bridgehead atoms. The summed E-state index contributed by atoms with van der Waals surface area (Å²) in [6, 6.07) is 0.549. The van der Waals surface area contributed by atoms with Crippen molar-refractivity contribution in [1.82, 2.24) is 14.7 Å². The van der Waals surface area contributed by atoms with Gasteiger partial charge in [-0.1, -0.05) is 0 Å². The van der Waals surface area contributed by atoms with Crippen LogP contribution in [0.3, 0.4) is 0 Å². The molecule has 0 aromatic rings. The highest BCUT2D eigenvalue weighted by atomic mass is 16.2. The summed E-state index contributed by atoms with van der Waals surface area (Å²) in [5.74, 6) is 0. The van der Waals surface area contributed by atoms with Gasteiger partial charge in [0.15, 0.2) is 0 Å². The highest BCUT2D eigenvalue weighted by Gasteiger charge is 2.27. The van der Waals surface area contributed by atoms with Crippen molar-refractivity contribution < 1.29 is 4.79 Å². The van der Waals surface area contributed by atoms with Crippen LogP contribution in [0, 0.1) is 0 Å². The van der Waals surface area contributed by atoms with Crippen LogP contribution >= 0.6 is 0 Å². The third-order valence-electron chi connectivity index (χ3n) is 3.17. The van der Waals surface area contributed by atoms with E-state index in [0.717, 1.165) is 19.4 Å². The third-order valence-corrected chi connectivity index (χ3v) is 3.17. The molecule has 0 aromatic heterocycles. The van der Waals surface area contributed by atoms with Crippen molar-refractivity contribution >= 4 is 6.03 Å². The number of rotatable bonds is 0. The fourth-order valence-corrected chi connectivity index (χ4v) is 2.20. The molecule has 0 saturated carbocycles. The van der Waals surface area contributed by atoms with E-state index in [4.69, 9.17) is 0 Å². The Morgan fingerprint density at radius 2 is 2.13 bits per heavy atom. The molecule has 2 aliphatic rings. The number of nitrogens with zero attached hydrogens (tertiary/aromatic N) is 3. The zero-order chi connectivity index (χ0) is 10.8. The van der Waals surface area contributed by atoms with Gasteiger partial charge in [-0.2, -0.15) is 0 Å². The average Bonchev–Trinajstić information content (AvgIpc) is 2.65. The molecule has 2 heterocycles. The fourth-order valence-electron chi connectivity index (χ4n) is 2.20. The molecule has 0 aliphatic carbocycles. The zero-order valence-corrected chi connectivity index (χ0v) is 9.52. The van der Waals surface area contributed by atoms with Crippen molar-refractivity contribution in [1.29, 1.82) is 0 Å². The molecule has 1 saturated heterocycles. The number of carbonyl (C=O) groups is 1. The Kier molecular flexibility index (Phi) is 2.84. The van der Waals surface area contributed by atoms with Gasteiger partial charge in [0.1, 0.15) is 0 Å². The second kappa shape index (κ2) is 4.13. The van der Waals surface area contributed by atoms with Gasteiger partial charge < -0.3 is 9.80 Å². The van der Waals surface area contributed by atoms with Crippen LogP contribution < -0.4 is 0 Å². The monoisotopic (exact) mass is 209 g/mol. The molecule has 2 aliphatic heterocycles. The van der Waals surface area contributed by atoms with Crippen molar-refractivity contribution in [3.63, 3.8) is 0 Å². The topological polar surface area (TPSA) is 26.8 Å². The first-order valence-electron chi connectivity index (χ1n) is 5.64. The van der Waals surface area contributed by atoms with Crippen molar-refractivity contribution in [2.24, 2.45) is 0 Å². The van der Waals surface area contributed by atoms with E-state index in [0.29, 0.717) is 12.7 Å².